The molecule has 0 aliphatic carbocycles. The topological polar surface area (TPSA) is 93.5 Å². The van der Waals surface area contributed by atoms with Crippen molar-refractivity contribution in [1.82, 2.24) is 5.32 Å². The summed E-state index contributed by atoms with van der Waals surface area (Å²) in [6.07, 6.45) is 2.35. The number of methoxy groups -OCH3 is 1. The third kappa shape index (κ3) is 4.85. The molecule has 1 unspecified atom stereocenters. The van der Waals surface area contributed by atoms with E-state index in [1.165, 1.54) is 19.2 Å². The van der Waals surface area contributed by atoms with Crippen LogP contribution in [0.1, 0.15) is 19.3 Å². The van der Waals surface area contributed by atoms with Crippen molar-refractivity contribution in [3.63, 3.8) is 0 Å². The molecule has 0 radical (unpaired) electrons. The van der Waals surface area contributed by atoms with E-state index in [0.717, 1.165) is 25.9 Å². The Balaban J connectivity index is 0.00000242. The summed E-state index contributed by atoms with van der Waals surface area (Å²) in [6, 6.07) is 4.39. The standard InChI is InChI=1S/C14H19N3O4.ClH/c1-21-13-4-3-11(8-12(13)17(19)20)16-14(18)5-2-10-6-7-15-9-10;/h3-4,8,10,15H,2,5-7,9H2,1H3,(H,16,18);1H. The van der Waals surface area contributed by atoms with E-state index in [2.05, 4.69) is 10.6 Å². The number of amides is 1. The Morgan fingerprint density at radius 2 is 2.32 bits per heavy atom. The highest BCUT2D eigenvalue weighted by atomic mass is 35.5. The average molecular weight is 330 g/mol. The molecule has 1 aliphatic rings. The molecular weight excluding hydrogens is 310 g/mol. The summed E-state index contributed by atoms with van der Waals surface area (Å²) < 4.78 is 4.92. The lowest BCUT2D eigenvalue weighted by Crippen LogP contribution is -2.15. The van der Waals surface area contributed by atoms with Crippen molar-refractivity contribution in [2.75, 3.05) is 25.5 Å². The fourth-order valence-corrected chi connectivity index (χ4v) is 2.43. The first kappa shape index (κ1) is 18.2. The molecule has 2 rings (SSSR count). The molecule has 0 bridgehead atoms. The van der Waals surface area contributed by atoms with Crippen LogP contribution in [0.25, 0.3) is 0 Å². The summed E-state index contributed by atoms with van der Waals surface area (Å²) >= 11 is 0. The smallest absolute Gasteiger partial charge is 0.312 e. The molecule has 1 aliphatic heterocycles. The van der Waals surface area contributed by atoms with Crippen molar-refractivity contribution in [2.24, 2.45) is 5.92 Å². The highest BCUT2D eigenvalue weighted by Crippen LogP contribution is 2.29. The molecule has 2 N–H and O–H groups in total. The van der Waals surface area contributed by atoms with Crippen LogP contribution in [0, 0.1) is 16.0 Å². The predicted molar refractivity (Wildman–Crippen MR) is 85.7 cm³/mol. The van der Waals surface area contributed by atoms with Crippen molar-refractivity contribution in [2.45, 2.75) is 19.3 Å². The number of nitro benzene ring substituents is 1. The molecule has 22 heavy (non-hydrogen) atoms. The fourth-order valence-electron chi connectivity index (χ4n) is 2.43. The van der Waals surface area contributed by atoms with Gasteiger partial charge in [0.15, 0.2) is 5.75 Å². The van der Waals surface area contributed by atoms with Crippen LogP contribution in [0.4, 0.5) is 11.4 Å². The number of halogens is 1. The van der Waals surface area contributed by atoms with E-state index in [1.807, 2.05) is 0 Å². The van der Waals surface area contributed by atoms with Gasteiger partial charge in [0.05, 0.1) is 12.0 Å². The highest BCUT2D eigenvalue weighted by Gasteiger charge is 2.18. The van der Waals surface area contributed by atoms with Gasteiger partial charge >= 0.3 is 5.69 Å². The molecule has 1 heterocycles. The number of carbonyl (C=O) groups is 1. The van der Waals surface area contributed by atoms with Gasteiger partial charge in [0, 0.05) is 18.2 Å². The van der Waals surface area contributed by atoms with Crippen LogP contribution >= 0.6 is 12.4 Å². The number of rotatable bonds is 6. The third-order valence-corrected chi connectivity index (χ3v) is 3.60. The van der Waals surface area contributed by atoms with Gasteiger partial charge in [-0.1, -0.05) is 0 Å². The van der Waals surface area contributed by atoms with Crippen LogP contribution in [0.5, 0.6) is 5.75 Å². The SMILES string of the molecule is COc1ccc(NC(=O)CCC2CCNC2)cc1[N+](=O)[O-].Cl. The van der Waals surface area contributed by atoms with Crippen LogP contribution in [-0.2, 0) is 4.79 Å². The maximum absolute atomic E-state index is 11.9. The van der Waals surface area contributed by atoms with Crippen LogP contribution in [0.3, 0.4) is 0 Å². The second-order valence-corrected chi connectivity index (χ2v) is 5.09. The zero-order chi connectivity index (χ0) is 15.2. The normalized spacial score (nSPS) is 16.7. The second-order valence-electron chi connectivity index (χ2n) is 5.09. The van der Waals surface area contributed by atoms with E-state index in [1.54, 1.807) is 6.07 Å². The van der Waals surface area contributed by atoms with E-state index in [-0.39, 0.29) is 29.8 Å². The molecular formula is C14H20ClN3O4. The zero-order valence-corrected chi connectivity index (χ0v) is 13.1. The molecule has 0 aromatic heterocycles. The lowest BCUT2D eigenvalue weighted by Gasteiger charge is -2.09. The average Bonchev–Trinajstić information content (AvgIpc) is 2.98. The van der Waals surface area contributed by atoms with Crippen molar-refractivity contribution in [3.8, 4) is 5.75 Å². The first-order valence-corrected chi connectivity index (χ1v) is 6.93. The number of hydrogen-bond donors (Lipinski definition) is 2. The van der Waals surface area contributed by atoms with Crippen molar-refractivity contribution in [1.29, 1.82) is 0 Å². The van der Waals surface area contributed by atoms with Gasteiger partial charge in [0.2, 0.25) is 5.91 Å². The summed E-state index contributed by atoms with van der Waals surface area (Å²) in [6.45, 7) is 1.97. The van der Waals surface area contributed by atoms with Crippen molar-refractivity contribution >= 4 is 29.7 Å². The number of benzene rings is 1. The number of hydrogen-bond acceptors (Lipinski definition) is 5. The van der Waals surface area contributed by atoms with Crippen LogP contribution in [0.15, 0.2) is 18.2 Å². The van der Waals surface area contributed by atoms with Gasteiger partial charge in [0.1, 0.15) is 0 Å². The van der Waals surface area contributed by atoms with Gasteiger partial charge in [0.25, 0.3) is 0 Å². The fraction of sp³-hybridized carbons (Fsp3) is 0.500. The molecule has 7 nitrogen and oxygen atoms in total. The Bertz CT molecular complexity index is 533. The quantitative estimate of drug-likeness (QED) is 0.617. The molecule has 1 atom stereocenters. The Labute approximate surface area is 135 Å². The lowest BCUT2D eigenvalue weighted by molar-refractivity contribution is -0.385. The monoisotopic (exact) mass is 329 g/mol. The Kier molecular flexibility index (Phi) is 7.07. The molecule has 1 aromatic carbocycles. The summed E-state index contributed by atoms with van der Waals surface area (Å²) in [5.41, 5.74) is 0.257. The van der Waals surface area contributed by atoms with E-state index >= 15 is 0 Å². The molecule has 122 valence electrons. The maximum atomic E-state index is 11.9. The Morgan fingerprint density at radius 1 is 1.55 bits per heavy atom. The van der Waals surface area contributed by atoms with Crippen LogP contribution < -0.4 is 15.4 Å². The van der Waals surface area contributed by atoms with Gasteiger partial charge in [-0.15, -0.1) is 12.4 Å². The van der Waals surface area contributed by atoms with Gasteiger partial charge in [-0.05, 0) is 44.0 Å². The lowest BCUT2D eigenvalue weighted by atomic mass is 10.0. The molecule has 8 heteroatoms. The third-order valence-electron chi connectivity index (χ3n) is 3.60. The van der Waals surface area contributed by atoms with Gasteiger partial charge in [-0.25, -0.2) is 0 Å². The number of nitrogens with one attached hydrogen (secondary N) is 2. The summed E-state index contributed by atoms with van der Waals surface area (Å²) in [5, 5.41) is 16.9. The summed E-state index contributed by atoms with van der Waals surface area (Å²) in [7, 11) is 1.37. The molecule has 1 amide bonds. The maximum Gasteiger partial charge on any atom is 0.312 e. The van der Waals surface area contributed by atoms with E-state index in [4.69, 9.17) is 4.74 Å². The molecule has 0 spiro atoms. The molecule has 1 saturated heterocycles. The second kappa shape index (κ2) is 8.55. The molecule has 1 fully saturated rings. The summed E-state index contributed by atoms with van der Waals surface area (Å²) in [4.78, 5) is 22.3. The number of carbonyl (C=O) groups excluding carboxylic acids is 1. The van der Waals surface area contributed by atoms with E-state index in [0.29, 0.717) is 18.0 Å². The molecule has 1 aromatic rings. The van der Waals surface area contributed by atoms with Gasteiger partial charge in [-0.3, -0.25) is 14.9 Å². The number of nitro groups is 1. The predicted octanol–water partition coefficient (Wildman–Crippen LogP) is 2.35. The number of anilines is 1. The van der Waals surface area contributed by atoms with Crippen molar-refractivity contribution in [3.05, 3.63) is 28.3 Å². The van der Waals surface area contributed by atoms with Crippen molar-refractivity contribution < 1.29 is 14.5 Å². The largest absolute Gasteiger partial charge is 0.490 e. The van der Waals surface area contributed by atoms with Crippen LogP contribution in [0.2, 0.25) is 0 Å². The zero-order valence-electron chi connectivity index (χ0n) is 12.3. The Hall–Kier alpha value is -1.86. The molecule has 0 saturated carbocycles. The van der Waals surface area contributed by atoms with E-state index < -0.39 is 4.92 Å². The first-order chi connectivity index (χ1) is 10.1. The minimum absolute atomic E-state index is 0. The summed E-state index contributed by atoms with van der Waals surface area (Å²) in [5.74, 6) is 0.595. The number of ether oxygens (including phenoxy) is 1. The van der Waals surface area contributed by atoms with E-state index in [9.17, 15) is 14.9 Å². The van der Waals surface area contributed by atoms with Gasteiger partial charge in [-0.2, -0.15) is 0 Å². The van der Waals surface area contributed by atoms with Gasteiger partial charge < -0.3 is 15.4 Å². The highest BCUT2D eigenvalue weighted by molar-refractivity contribution is 5.91. The minimum atomic E-state index is -0.529. The number of nitrogens with zero attached hydrogens (tertiary/aromatic N) is 1. The van der Waals surface area contributed by atoms with Crippen LogP contribution in [-0.4, -0.2) is 31.0 Å². The first-order valence-electron chi connectivity index (χ1n) is 6.93. The minimum Gasteiger partial charge on any atom is -0.490 e. The Morgan fingerprint density at radius 3 is 2.91 bits per heavy atom.